The molecule has 1 aromatic rings. The molecule has 152 valence electrons. The Morgan fingerprint density at radius 1 is 1.04 bits per heavy atom. The summed E-state index contributed by atoms with van der Waals surface area (Å²) in [5.41, 5.74) is 4.57. The lowest BCUT2D eigenvalue weighted by Gasteiger charge is -2.24. The SMILES string of the molecule is CCNC(=O)N(CCCN(C)C)C(=O)Cc1c(C)cc(C(C)(C)C)cc1C. The quantitative estimate of drug-likeness (QED) is 0.791. The van der Waals surface area contributed by atoms with Gasteiger partial charge in [0.15, 0.2) is 0 Å². The molecule has 1 N–H and O–H groups in total. The third-order valence-electron chi connectivity index (χ3n) is 4.75. The predicted molar refractivity (Wildman–Crippen MR) is 112 cm³/mol. The summed E-state index contributed by atoms with van der Waals surface area (Å²) >= 11 is 0. The first-order valence-corrected chi connectivity index (χ1v) is 9.80. The van der Waals surface area contributed by atoms with Gasteiger partial charge in [-0.05, 0) is 75.5 Å². The molecule has 0 heterocycles. The maximum absolute atomic E-state index is 12.9. The van der Waals surface area contributed by atoms with Crippen LogP contribution in [0.15, 0.2) is 12.1 Å². The molecule has 0 saturated heterocycles. The molecule has 1 aromatic carbocycles. The predicted octanol–water partition coefficient (Wildman–Crippen LogP) is 3.65. The number of hydrogen-bond acceptors (Lipinski definition) is 3. The number of aryl methyl sites for hydroxylation is 2. The van der Waals surface area contributed by atoms with Crippen molar-refractivity contribution in [2.45, 2.75) is 59.8 Å². The van der Waals surface area contributed by atoms with Crippen LogP contribution in [-0.2, 0) is 16.6 Å². The average Bonchev–Trinajstić information content (AvgIpc) is 2.53. The summed E-state index contributed by atoms with van der Waals surface area (Å²) in [5, 5.41) is 2.76. The number of carbonyl (C=O) groups excluding carboxylic acids is 2. The van der Waals surface area contributed by atoms with Gasteiger partial charge in [-0.15, -0.1) is 0 Å². The van der Waals surface area contributed by atoms with E-state index in [0.29, 0.717) is 13.1 Å². The Morgan fingerprint density at radius 3 is 2.04 bits per heavy atom. The summed E-state index contributed by atoms with van der Waals surface area (Å²) in [6.07, 6.45) is 1.01. The molecular formula is C22H37N3O2. The van der Waals surface area contributed by atoms with E-state index in [2.05, 4.69) is 43.1 Å². The largest absolute Gasteiger partial charge is 0.338 e. The maximum Gasteiger partial charge on any atom is 0.324 e. The Kier molecular flexibility index (Phi) is 8.48. The highest BCUT2D eigenvalue weighted by Crippen LogP contribution is 2.27. The van der Waals surface area contributed by atoms with E-state index < -0.39 is 0 Å². The Labute approximate surface area is 165 Å². The average molecular weight is 376 g/mol. The van der Waals surface area contributed by atoms with Gasteiger partial charge in [0, 0.05) is 13.1 Å². The molecule has 0 unspecified atom stereocenters. The minimum absolute atomic E-state index is 0.0668. The van der Waals surface area contributed by atoms with Crippen LogP contribution in [0.5, 0.6) is 0 Å². The Hall–Kier alpha value is -1.88. The summed E-state index contributed by atoms with van der Waals surface area (Å²) in [7, 11) is 3.98. The number of benzene rings is 1. The van der Waals surface area contributed by atoms with Crippen molar-refractivity contribution in [1.29, 1.82) is 0 Å². The van der Waals surface area contributed by atoms with Gasteiger partial charge in [0.1, 0.15) is 0 Å². The zero-order valence-electron chi connectivity index (χ0n) is 18.4. The highest BCUT2D eigenvalue weighted by molar-refractivity contribution is 5.95. The number of nitrogens with one attached hydrogen (secondary N) is 1. The monoisotopic (exact) mass is 375 g/mol. The van der Waals surface area contributed by atoms with Gasteiger partial charge >= 0.3 is 6.03 Å². The molecule has 0 aliphatic heterocycles. The van der Waals surface area contributed by atoms with Gasteiger partial charge in [-0.2, -0.15) is 0 Å². The molecule has 0 atom stereocenters. The number of rotatable bonds is 7. The van der Waals surface area contributed by atoms with Crippen LogP contribution in [0.3, 0.4) is 0 Å². The molecule has 0 aliphatic rings. The van der Waals surface area contributed by atoms with E-state index in [9.17, 15) is 9.59 Å². The van der Waals surface area contributed by atoms with Gasteiger partial charge in [-0.1, -0.05) is 32.9 Å². The highest BCUT2D eigenvalue weighted by Gasteiger charge is 2.23. The molecule has 0 fully saturated rings. The second kappa shape index (κ2) is 9.88. The molecule has 5 heteroatoms. The van der Waals surface area contributed by atoms with Crippen molar-refractivity contribution in [2.24, 2.45) is 0 Å². The second-order valence-corrected chi connectivity index (χ2v) is 8.55. The zero-order chi connectivity index (χ0) is 20.8. The van der Waals surface area contributed by atoms with Gasteiger partial charge in [-0.3, -0.25) is 9.69 Å². The number of carbonyl (C=O) groups is 2. The lowest BCUT2D eigenvalue weighted by Crippen LogP contribution is -2.45. The van der Waals surface area contributed by atoms with Gasteiger partial charge in [0.05, 0.1) is 6.42 Å². The van der Waals surface area contributed by atoms with E-state index >= 15 is 0 Å². The topological polar surface area (TPSA) is 52.7 Å². The number of imide groups is 1. The molecule has 0 bridgehead atoms. The third-order valence-corrected chi connectivity index (χ3v) is 4.75. The van der Waals surface area contributed by atoms with E-state index in [1.165, 1.54) is 10.5 Å². The van der Waals surface area contributed by atoms with Crippen molar-refractivity contribution in [3.05, 3.63) is 34.4 Å². The van der Waals surface area contributed by atoms with Crippen LogP contribution in [0.2, 0.25) is 0 Å². The number of nitrogens with zero attached hydrogens (tertiary/aromatic N) is 2. The summed E-state index contributed by atoms with van der Waals surface area (Å²) in [5.74, 6) is -0.144. The summed E-state index contributed by atoms with van der Waals surface area (Å²) in [4.78, 5) is 28.7. The third kappa shape index (κ3) is 6.98. The Bertz CT molecular complexity index is 637. The minimum Gasteiger partial charge on any atom is -0.338 e. The van der Waals surface area contributed by atoms with Crippen LogP contribution < -0.4 is 5.32 Å². The van der Waals surface area contributed by atoms with E-state index in [1.807, 2.05) is 34.9 Å². The molecule has 0 radical (unpaired) electrons. The molecule has 0 aliphatic carbocycles. The lowest BCUT2D eigenvalue weighted by atomic mass is 9.83. The fourth-order valence-electron chi connectivity index (χ4n) is 3.08. The molecule has 0 saturated carbocycles. The molecule has 0 spiro atoms. The van der Waals surface area contributed by atoms with E-state index in [4.69, 9.17) is 0 Å². The van der Waals surface area contributed by atoms with Crippen LogP contribution in [0.4, 0.5) is 4.79 Å². The van der Waals surface area contributed by atoms with Gasteiger partial charge in [0.2, 0.25) is 5.91 Å². The molecule has 3 amide bonds. The second-order valence-electron chi connectivity index (χ2n) is 8.55. The van der Waals surface area contributed by atoms with Crippen LogP contribution in [-0.4, -0.2) is 55.5 Å². The molecule has 0 aromatic heterocycles. The molecular weight excluding hydrogens is 338 g/mol. The van der Waals surface area contributed by atoms with Crippen LogP contribution in [0, 0.1) is 13.8 Å². The van der Waals surface area contributed by atoms with Gasteiger partial charge in [-0.25, -0.2) is 4.79 Å². The van der Waals surface area contributed by atoms with Crippen LogP contribution in [0.25, 0.3) is 0 Å². The highest BCUT2D eigenvalue weighted by atomic mass is 16.2. The normalized spacial score (nSPS) is 11.6. The van der Waals surface area contributed by atoms with Crippen molar-refractivity contribution in [3.63, 3.8) is 0 Å². The molecule has 27 heavy (non-hydrogen) atoms. The van der Waals surface area contributed by atoms with Gasteiger partial charge in [0.25, 0.3) is 0 Å². The Morgan fingerprint density at radius 2 is 1.59 bits per heavy atom. The standard InChI is InChI=1S/C22H37N3O2/c1-9-23-21(27)25(12-10-11-24(7)8)20(26)15-19-16(2)13-18(14-17(19)3)22(4,5)6/h13-14H,9-12,15H2,1-8H3,(H,23,27). The van der Waals surface area contributed by atoms with Crippen molar-refractivity contribution in [2.75, 3.05) is 33.7 Å². The maximum atomic E-state index is 12.9. The minimum atomic E-state index is -0.303. The number of hydrogen-bond donors (Lipinski definition) is 1. The van der Waals surface area contributed by atoms with E-state index in [0.717, 1.165) is 29.7 Å². The summed E-state index contributed by atoms with van der Waals surface area (Å²) in [6.45, 7) is 14.3. The first-order chi connectivity index (χ1) is 12.5. The number of urea groups is 1. The van der Waals surface area contributed by atoms with Crippen LogP contribution in [0.1, 0.15) is 56.4 Å². The fourth-order valence-corrected chi connectivity index (χ4v) is 3.08. The van der Waals surface area contributed by atoms with E-state index in [-0.39, 0.29) is 23.8 Å². The van der Waals surface area contributed by atoms with E-state index in [1.54, 1.807) is 0 Å². The lowest BCUT2D eigenvalue weighted by molar-refractivity contribution is -0.127. The zero-order valence-corrected chi connectivity index (χ0v) is 18.4. The summed E-state index contributed by atoms with van der Waals surface area (Å²) in [6, 6.07) is 4.03. The van der Waals surface area contributed by atoms with Crippen molar-refractivity contribution in [1.82, 2.24) is 15.1 Å². The molecule has 1 rings (SSSR count). The smallest absolute Gasteiger partial charge is 0.324 e. The van der Waals surface area contributed by atoms with Crippen molar-refractivity contribution in [3.8, 4) is 0 Å². The summed E-state index contributed by atoms with van der Waals surface area (Å²) < 4.78 is 0. The first kappa shape index (κ1) is 23.2. The number of amides is 3. The fraction of sp³-hybridized carbons (Fsp3) is 0.636. The van der Waals surface area contributed by atoms with Crippen molar-refractivity contribution >= 4 is 11.9 Å². The van der Waals surface area contributed by atoms with Crippen LogP contribution >= 0.6 is 0 Å². The van der Waals surface area contributed by atoms with Crippen molar-refractivity contribution < 1.29 is 9.59 Å². The first-order valence-electron chi connectivity index (χ1n) is 9.80. The van der Waals surface area contributed by atoms with Gasteiger partial charge < -0.3 is 10.2 Å². The molecule has 5 nitrogen and oxygen atoms in total. The Balaban J connectivity index is 3.01.